The highest BCUT2D eigenvalue weighted by molar-refractivity contribution is 5.74. The second kappa shape index (κ2) is 36.8. The second-order valence-corrected chi connectivity index (χ2v) is 24.3. The number of carboxylic acids is 5. The molecule has 1 aromatic carbocycles. The average molecular weight is 1340 g/mol. The molecule has 6 rings (SSSR count). The van der Waals surface area contributed by atoms with Crippen molar-refractivity contribution in [2.75, 3.05) is 72.0 Å². The molecule has 0 amide bonds. The summed E-state index contributed by atoms with van der Waals surface area (Å²) in [5, 5.41) is 47.9. The number of aliphatic carboxylic acids is 5. The first kappa shape index (κ1) is 83.5. The Hall–Kier alpha value is -5.47. The van der Waals surface area contributed by atoms with Crippen molar-refractivity contribution < 1.29 is 129 Å². The number of carbonyl (C=O) groups excluding carboxylic acids is 2. The minimum Gasteiger partial charge on any atom is -0.542 e. The number of carbonyl (C=O) groups is 6. The highest BCUT2D eigenvalue weighted by Crippen LogP contribution is 2.67. The number of rotatable bonds is 14. The number of alkyl halides is 15. The van der Waals surface area contributed by atoms with E-state index in [1.807, 2.05) is 0 Å². The number of likely N-dealkylation sites (N-methyl/N-ethyl adjacent to an activating group) is 1. The van der Waals surface area contributed by atoms with Gasteiger partial charge in [-0.25, -0.2) is 24.0 Å². The third kappa shape index (κ3) is 29.2. The Morgan fingerprint density at radius 2 is 1.05 bits per heavy atom. The van der Waals surface area contributed by atoms with Crippen LogP contribution in [0.25, 0.3) is 0 Å². The summed E-state index contributed by atoms with van der Waals surface area (Å²) in [4.78, 5) is 60.7. The van der Waals surface area contributed by atoms with Crippen molar-refractivity contribution in [3.8, 4) is 0 Å². The quantitative estimate of drug-likeness (QED) is 0.0396. The zero-order valence-corrected chi connectivity index (χ0v) is 52.0. The van der Waals surface area contributed by atoms with E-state index in [1.165, 1.54) is 68.9 Å². The highest BCUT2D eigenvalue weighted by atomic mass is 19.4. The molecular formula is C59H88F15N5O12. The van der Waals surface area contributed by atoms with Crippen LogP contribution < -0.4 is 21.1 Å². The van der Waals surface area contributed by atoms with Crippen LogP contribution >= 0.6 is 0 Å². The number of ether oxygens (including phenoxy) is 1. The molecule has 0 radical (unpaired) electrons. The summed E-state index contributed by atoms with van der Waals surface area (Å²) in [6, 6.07) is 9.22. The number of esters is 1. The van der Waals surface area contributed by atoms with Crippen LogP contribution in [0.1, 0.15) is 130 Å². The molecule has 32 heteroatoms. The van der Waals surface area contributed by atoms with Gasteiger partial charge in [-0.3, -0.25) is 4.90 Å². The number of nitrogens with one attached hydrogen (secondary N) is 3. The third-order valence-electron chi connectivity index (χ3n) is 17.7. The van der Waals surface area contributed by atoms with Crippen LogP contribution in [0.5, 0.6) is 0 Å². The van der Waals surface area contributed by atoms with Gasteiger partial charge in [0.15, 0.2) is 6.54 Å². The van der Waals surface area contributed by atoms with Gasteiger partial charge in [-0.1, -0.05) is 89.8 Å². The van der Waals surface area contributed by atoms with Crippen molar-refractivity contribution in [2.45, 2.75) is 169 Å². The normalized spacial score (nSPS) is 24.4. The Kier molecular flexibility index (Phi) is 33.8. The van der Waals surface area contributed by atoms with Crippen molar-refractivity contribution in [1.82, 2.24) is 20.9 Å². The minimum atomic E-state index is -5.19. The number of hydrogen-bond acceptors (Lipinski definition) is 12. The molecular weight excluding hydrogens is 1260 g/mol. The summed E-state index contributed by atoms with van der Waals surface area (Å²) >= 11 is 0. The predicted octanol–water partition coefficient (Wildman–Crippen LogP) is 10.4. The minimum absolute atomic E-state index is 0.00513. The van der Waals surface area contributed by atoms with Crippen molar-refractivity contribution in [3.63, 3.8) is 0 Å². The van der Waals surface area contributed by atoms with Crippen LogP contribution in [0.4, 0.5) is 65.9 Å². The van der Waals surface area contributed by atoms with Gasteiger partial charge < -0.3 is 55.5 Å². The molecule has 91 heavy (non-hydrogen) atoms. The van der Waals surface area contributed by atoms with Gasteiger partial charge in [0.1, 0.15) is 18.6 Å². The van der Waals surface area contributed by atoms with Crippen molar-refractivity contribution in [1.29, 1.82) is 0 Å². The summed E-state index contributed by atoms with van der Waals surface area (Å²) in [6.07, 6.45) is -8.56. The van der Waals surface area contributed by atoms with Gasteiger partial charge in [-0.2, -0.15) is 65.9 Å². The maximum absolute atomic E-state index is 13.8. The van der Waals surface area contributed by atoms with Crippen LogP contribution in [0, 0.1) is 46.3 Å². The first-order chi connectivity index (χ1) is 41.7. The number of nitrogens with zero attached hydrogens (tertiary/aromatic N) is 2. The molecule has 4 fully saturated rings. The number of benzene rings is 1. The molecule has 1 heterocycles. The molecule has 1 aliphatic heterocycles. The number of hydrogen-bond donors (Lipinski definition) is 7. The van der Waals surface area contributed by atoms with E-state index in [0.717, 1.165) is 131 Å². The Morgan fingerprint density at radius 3 is 1.46 bits per heavy atom. The third-order valence-corrected chi connectivity index (χ3v) is 17.7. The average Bonchev–Trinajstić information content (AvgIpc) is 1.70. The summed E-state index contributed by atoms with van der Waals surface area (Å²) in [7, 11) is 0. The maximum Gasteiger partial charge on any atom is 0.490 e. The zero-order chi connectivity index (χ0) is 70.1. The molecule has 0 bridgehead atoms. The van der Waals surface area contributed by atoms with Crippen LogP contribution in [0.15, 0.2) is 35.9 Å². The van der Waals surface area contributed by atoms with Crippen molar-refractivity contribution in [3.05, 3.63) is 47.0 Å². The van der Waals surface area contributed by atoms with Gasteiger partial charge in [0.2, 0.25) is 0 Å². The summed E-state index contributed by atoms with van der Waals surface area (Å²) < 4.78 is 166. The lowest BCUT2D eigenvalue weighted by Crippen LogP contribution is -2.52. The fraction of sp³-hybridized carbons (Fsp3) is 0.763. The molecule has 0 spiro atoms. The predicted molar refractivity (Wildman–Crippen MR) is 299 cm³/mol. The monoisotopic (exact) mass is 1340 g/mol. The first-order valence-electron chi connectivity index (χ1n) is 29.9. The van der Waals surface area contributed by atoms with Crippen LogP contribution in [-0.4, -0.2) is 175 Å². The molecule has 1 saturated heterocycles. The molecule has 17 nitrogen and oxygen atoms in total. The van der Waals surface area contributed by atoms with E-state index in [0.29, 0.717) is 12.0 Å². The largest absolute Gasteiger partial charge is 0.542 e. The van der Waals surface area contributed by atoms with E-state index >= 15 is 0 Å². The Morgan fingerprint density at radius 1 is 0.626 bits per heavy atom. The Balaban J connectivity index is 0.000000955. The molecule has 7 N–H and O–H groups in total. The van der Waals surface area contributed by atoms with E-state index in [1.54, 1.807) is 5.57 Å². The molecule has 5 aliphatic rings. The SMILES string of the molecule is CC[N+](CC)(CC(=O)O[C@H]1CC[C@@]2(C)C(=CC[C@H]3[C@@H]4CC[C@H]([C@H](C)CCCC(C)C)[C@@]4(C)CC[C@@H]32)C1)Cc1ccc(CN2CCNCCNCCNCC2)cc1.O=C(O)C(F)(F)F.O=C(O)C(F)(F)F.O=C(O)C(F)(F)F.O=C(O)C(F)(F)F.O=C([O-])C(F)(F)F. The lowest BCUT2D eigenvalue weighted by atomic mass is 9.47. The molecule has 1 aromatic rings. The molecule has 0 aromatic heterocycles. The zero-order valence-electron chi connectivity index (χ0n) is 52.0. The van der Waals surface area contributed by atoms with E-state index < -0.39 is 60.7 Å². The summed E-state index contributed by atoms with van der Waals surface area (Å²) in [5.74, 6) is -8.93. The molecule has 4 aliphatic carbocycles. The Labute approximate surface area is 519 Å². The van der Waals surface area contributed by atoms with Gasteiger partial charge in [0.25, 0.3) is 0 Å². The van der Waals surface area contributed by atoms with Gasteiger partial charge in [-0.05, 0) is 111 Å². The van der Waals surface area contributed by atoms with Crippen LogP contribution in [0.2, 0.25) is 0 Å². The molecule has 526 valence electrons. The summed E-state index contributed by atoms with van der Waals surface area (Å²) in [6.45, 7) is 29.5. The number of allylic oxidation sites excluding steroid dienone is 1. The highest BCUT2D eigenvalue weighted by Gasteiger charge is 2.59. The molecule has 8 atom stereocenters. The number of quaternary nitrogens is 1. The lowest BCUT2D eigenvalue weighted by Gasteiger charge is -2.58. The second-order valence-electron chi connectivity index (χ2n) is 24.3. The number of fused-ring (bicyclic) bond motifs is 5. The van der Waals surface area contributed by atoms with Crippen molar-refractivity contribution in [2.24, 2.45) is 46.3 Å². The number of carboxylic acid groups (broad SMARTS) is 5. The molecule has 3 saturated carbocycles. The van der Waals surface area contributed by atoms with Crippen molar-refractivity contribution >= 4 is 35.8 Å². The van der Waals surface area contributed by atoms with E-state index in [2.05, 4.69) is 99.7 Å². The van der Waals surface area contributed by atoms with Gasteiger partial charge in [-0.15, -0.1) is 0 Å². The topological polar surface area (TPSA) is 255 Å². The summed E-state index contributed by atoms with van der Waals surface area (Å²) in [5.41, 5.74) is 5.09. The van der Waals surface area contributed by atoms with Crippen LogP contribution in [0.3, 0.4) is 0 Å². The maximum atomic E-state index is 13.8. The van der Waals surface area contributed by atoms with E-state index in [4.69, 9.17) is 54.2 Å². The molecule has 0 unspecified atom stereocenters. The standard InChI is InChI=1S/C49H84N5O2.5C2HF3O2/c1-8-54(9-2,35-40-15-13-39(14-16-40)34-53-31-29-51-27-25-50-26-28-52-30-32-53)36-47(55)56-42-21-23-48(6)41(33-42)17-18-43-45-20-19-44(38(5)12-10-11-37(3)4)49(45,7)24-22-46(43)48;5*3-2(4,5)1(6)7/h13-17,37-38,42-46,50-52H,8-12,18-36H2,1-7H3;5*(H,6,7)/q+1;;;;;/p-1/t38-,42+,43+,44-,45+,46+,48+,49-;;;;;/m1...../s1. The van der Waals surface area contributed by atoms with Gasteiger partial charge in [0, 0.05) is 70.9 Å². The van der Waals surface area contributed by atoms with Crippen LogP contribution in [-0.2, 0) is 46.6 Å². The Bertz CT molecular complexity index is 2310. The fourth-order valence-electron chi connectivity index (χ4n) is 12.8. The first-order valence-corrected chi connectivity index (χ1v) is 29.9. The lowest BCUT2D eigenvalue weighted by molar-refractivity contribution is -0.931. The van der Waals surface area contributed by atoms with Gasteiger partial charge >= 0.3 is 60.7 Å². The smallest absolute Gasteiger partial charge is 0.490 e. The van der Waals surface area contributed by atoms with E-state index in [-0.39, 0.29) is 17.5 Å². The van der Waals surface area contributed by atoms with E-state index in [9.17, 15) is 70.7 Å². The number of halogens is 15. The fourth-order valence-corrected chi connectivity index (χ4v) is 12.8. The van der Waals surface area contributed by atoms with Gasteiger partial charge in [0.05, 0.1) is 13.1 Å².